The van der Waals surface area contributed by atoms with E-state index in [1.54, 1.807) is 0 Å². The van der Waals surface area contributed by atoms with Crippen LogP contribution in [0.25, 0.3) is 33.4 Å². The number of hydrogen-bond acceptors (Lipinski definition) is 1. The number of benzene rings is 6. The van der Waals surface area contributed by atoms with Gasteiger partial charge >= 0.3 is 0 Å². The summed E-state index contributed by atoms with van der Waals surface area (Å²) in [5.41, 5.74) is 9.77. The Kier molecular flexibility index (Phi) is 5.70. The highest BCUT2D eigenvalue weighted by molar-refractivity contribution is 5.90. The molecule has 0 unspecified atom stereocenters. The molecule has 0 heterocycles. The van der Waals surface area contributed by atoms with Crippen molar-refractivity contribution in [2.75, 3.05) is 4.90 Å². The summed E-state index contributed by atoms with van der Waals surface area (Å²) in [5.74, 6) is 0. The molecule has 1 aliphatic carbocycles. The van der Waals surface area contributed by atoms with E-state index in [-0.39, 0.29) is 52.5 Å². The van der Waals surface area contributed by atoms with Gasteiger partial charge in [0.2, 0.25) is 0 Å². The molecule has 1 nitrogen and oxygen atoms in total. The Morgan fingerprint density at radius 1 is 0.457 bits per heavy atom. The fraction of sp³-hybridized carbons (Fsp3) is 0.200. The number of nitrogens with zero attached hydrogens (tertiary/aromatic N) is 1. The molecule has 0 aromatic heterocycles. The van der Waals surface area contributed by atoms with Crippen molar-refractivity contribution in [1.82, 2.24) is 0 Å². The van der Waals surface area contributed by atoms with Gasteiger partial charge in [-0.25, -0.2) is 0 Å². The Balaban J connectivity index is 1.47. The zero-order valence-corrected chi connectivity index (χ0v) is 27.4. The van der Waals surface area contributed by atoms with Crippen LogP contribution in [0.5, 0.6) is 0 Å². The van der Waals surface area contributed by atoms with Gasteiger partial charge in [0.05, 0.1) is 13.9 Å². The summed E-state index contributed by atoms with van der Waals surface area (Å²) >= 11 is 0. The van der Waals surface area contributed by atoms with Crippen molar-refractivity contribution >= 4 is 17.1 Å². The average Bonchev–Trinajstić information content (AvgIpc) is 3.18. The van der Waals surface area contributed by atoms with E-state index in [1.165, 1.54) is 35.4 Å². The van der Waals surface area contributed by atoms with Crippen LogP contribution in [0.3, 0.4) is 0 Å². The van der Waals surface area contributed by atoms with E-state index in [0.717, 1.165) is 39.3 Å². The normalized spacial score (nSPS) is 17.5. The molecule has 0 saturated heterocycles. The molecule has 0 radical (unpaired) electrons. The molecule has 0 amide bonds. The molecule has 0 bridgehead atoms. The van der Waals surface area contributed by atoms with Gasteiger partial charge in [0.15, 0.2) is 0 Å². The smallest absolute Gasteiger partial charge is 0.0629 e. The van der Waals surface area contributed by atoms with Crippen molar-refractivity contribution in [3.05, 3.63) is 163 Å². The SMILES string of the molecule is [2H]c1cc([2H])c(-c2ccc(N(c3ccc(-c4c([2H])cc([2H])cc4[2H])cc3)c3cc4c(cc3-c3ccccc3)C(C)(C)C(C)(C)C4(C)C)cc2)c([2H])c1. The molecule has 0 saturated carbocycles. The van der Waals surface area contributed by atoms with Crippen LogP contribution in [0.15, 0.2) is 152 Å². The Morgan fingerprint density at radius 2 is 0.891 bits per heavy atom. The second kappa shape index (κ2) is 11.2. The van der Waals surface area contributed by atoms with E-state index < -0.39 is 0 Å². The first-order valence-corrected chi connectivity index (χ1v) is 15.9. The molecular weight excluding hydrogens is 555 g/mol. The summed E-state index contributed by atoms with van der Waals surface area (Å²) in [6, 6.07) is 37.9. The summed E-state index contributed by atoms with van der Waals surface area (Å²) in [5, 5.41) is 0. The van der Waals surface area contributed by atoms with Gasteiger partial charge in [-0.3, -0.25) is 0 Å². The summed E-state index contributed by atoms with van der Waals surface area (Å²) in [4.78, 5) is 2.25. The number of fused-ring (bicyclic) bond motifs is 1. The molecule has 1 heteroatoms. The molecule has 0 aliphatic heterocycles. The van der Waals surface area contributed by atoms with E-state index in [4.69, 9.17) is 8.22 Å². The minimum Gasteiger partial charge on any atom is -0.310 e. The maximum absolute atomic E-state index is 8.54. The topological polar surface area (TPSA) is 3.24 Å². The average molecular weight is 604 g/mol. The van der Waals surface area contributed by atoms with Gasteiger partial charge < -0.3 is 4.90 Å². The summed E-state index contributed by atoms with van der Waals surface area (Å²) in [7, 11) is 0. The second-order valence-electron chi connectivity index (χ2n) is 13.8. The maximum Gasteiger partial charge on any atom is 0.0629 e. The van der Waals surface area contributed by atoms with Crippen molar-refractivity contribution < 1.29 is 8.22 Å². The van der Waals surface area contributed by atoms with Gasteiger partial charge in [0, 0.05) is 16.9 Å². The van der Waals surface area contributed by atoms with Crippen molar-refractivity contribution in [2.45, 2.75) is 52.4 Å². The van der Waals surface area contributed by atoms with Crippen LogP contribution in [0, 0.1) is 5.41 Å². The lowest BCUT2D eigenvalue weighted by Gasteiger charge is -2.44. The molecule has 0 spiro atoms. The quantitative estimate of drug-likeness (QED) is 0.183. The lowest BCUT2D eigenvalue weighted by Crippen LogP contribution is -2.42. The highest BCUT2D eigenvalue weighted by Gasteiger charge is 2.57. The van der Waals surface area contributed by atoms with Crippen LogP contribution in [0.2, 0.25) is 0 Å². The zero-order chi connectivity index (χ0) is 37.3. The van der Waals surface area contributed by atoms with Crippen molar-refractivity contribution in [2.24, 2.45) is 5.41 Å². The third kappa shape index (κ3) is 4.77. The van der Waals surface area contributed by atoms with Crippen LogP contribution in [0.1, 0.15) is 60.9 Å². The van der Waals surface area contributed by atoms with Crippen LogP contribution in [-0.4, -0.2) is 0 Å². The fourth-order valence-corrected chi connectivity index (χ4v) is 7.05. The molecule has 0 N–H and O–H groups in total. The predicted octanol–water partition coefficient (Wildman–Crippen LogP) is 12.8. The Hall–Kier alpha value is -4.88. The largest absolute Gasteiger partial charge is 0.310 e. The highest BCUT2D eigenvalue weighted by atomic mass is 15.1. The van der Waals surface area contributed by atoms with Gasteiger partial charge in [-0.1, -0.05) is 157 Å². The first kappa shape index (κ1) is 23.5. The first-order valence-electron chi connectivity index (χ1n) is 18.9. The van der Waals surface area contributed by atoms with Gasteiger partial charge in [0.25, 0.3) is 0 Å². The predicted molar refractivity (Wildman–Crippen MR) is 197 cm³/mol. The number of hydrogen-bond donors (Lipinski definition) is 0. The molecule has 1 aliphatic rings. The number of rotatable bonds is 6. The lowest BCUT2D eigenvalue weighted by molar-refractivity contribution is 0.125. The van der Waals surface area contributed by atoms with Crippen LogP contribution in [-0.2, 0) is 10.8 Å². The first-order chi connectivity index (χ1) is 24.5. The van der Waals surface area contributed by atoms with E-state index in [0.29, 0.717) is 11.1 Å². The third-order valence-electron chi connectivity index (χ3n) is 11.0. The molecule has 0 atom stereocenters. The molecule has 6 aromatic rings. The van der Waals surface area contributed by atoms with Crippen molar-refractivity contribution in [3.63, 3.8) is 0 Å². The van der Waals surface area contributed by atoms with Crippen LogP contribution >= 0.6 is 0 Å². The Labute approximate surface area is 283 Å². The van der Waals surface area contributed by atoms with Gasteiger partial charge in [-0.05, 0) is 91.6 Å². The Bertz CT molecular complexity index is 2180. The molecule has 46 heavy (non-hydrogen) atoms. The summed E-state index contributed by atoms with van der Waals surface area (Å²) in [6.45, 7) is 14.1. The molecule has 0 fully saturated rings. The van der Waals surface area contributed by atoms with Crippen LogP contribution < -0.4 is 4.90 Å². The number of anilines is 3. The minimum atomic E-state index is -0.146. The van der Waals surface area contributed by atoms with E-state index >= 15 is 0 Å². The van der Waals surface area contributed by atoms with E-state index in [1.807, 2.05) is 54.6 Å². The monoisotopic (exact) mass is 603 g/mol. The summed E-state index contributed by atoms with van der Waals surface area (Å²) in [6.07, 6.45) is 0. The fourth-order valence-electron chi connectivity index (χ4n) is 7.05. The van der Waals surface area contributed by atoms with Crippen LogP contribution in [0.4, 0.5) is 17.1 Å². The standard InChI is InChI=1S/C45H43N/c1-43(2)40-30-39(36-20-14-9-15-21-36)42(31-41(40)44(3,4)45(43,5)6)46(37-26-22-34(23-27-37)32-16-10-7-11-17-32)38-28-24-35(25-29-38)33-18-12-8-13-19-33/h7-31H,1-6H3/i7D,8D,16D,17D,18D,19D. The summed E-state index contributed by atoms with van der Waals surface area (Å²) < 4.78 is 50.1. The lowest BCUT2D eigenvalue weighted by atomic mass is 9.59. The molecule has 228 valence electrons. The van der Waals surface area contributed by atoms with Crippen molar-refractivity contribution in [3.8, 4) is 33.4 Å². The highest BCUT2D eigenvalue weighted by Crippen LogP contribution is 2.63. The third-order valence-corrected chi connectivity index (χ3v) is 11.0. The minimum absolute atomic E-state index is 0.0455. The second-order valence-corrected chi connectivity index (χ2v) is 13.8. The molecule has 7 rings (SSSR count). The van der Waals surface area contributed by atoms with Gasteiger partial charge in [-0.15, -0.1) is 0 Å². The van der Waals surface area contributed by atoms with Crippen molar-refractivity contribution in [1.29, 1.82) is 0 Å². The van der Waals surface area contributed by atoms with E-state index in [2.05, 4.69) is 82.8 Å². The van der Waals surface area contributed by atoms with Gasteiger partial charge in [-0.2, -0.15) is 0 Å². The zero-order valence-electron chi connectivity index (χ0n) is 33.4. The maximum atomic E-state index is 8.54. The molecular formula is C45H43N. The van der Waals surface area contributed by atoms with Gasteiger partial charge in [0.1, 0.15) is 0 Å². The molecule has 6 aromatic carbocycles. The Morgan fingerprint density at radius 3 is 1.35 bits per heavy atom. The van der Waals surface area contributed by atoms with E-state index in [9.17, 15) is 0 Å².